The lowest BCUT2D eigenvalue weighted by Gasteiger charge is -1.97. The molecule has 0 fully saturated rings. The van der Waals surface area contributed by atoms with E-state index in [1.54, 1.807) is 0 Å². The molecule has 1 rings (SSSR count). The van der Waals surface area contributed by atoms with Crippen LogP contribution in [0.1, 0.15) is 19.2 Å². The van der Waals surface area contributed by atoms with Gasteiger partial charge in [-0.05, 0) is 6.42 Å². The van der Waals surface area contributed by atoms with Gasteiger partial charge >= 0.3 is 5.97 Å². The molecule has 8 heteroatoms. The smallest absolute Gasteiger partial charge is 0.362 e. The molecule has 0 aromatic carbocycles. The summed E-state index contributed by atoms with van der Waals surface area (Å²) in [5.41, 5.74) is 4.99. The van der Waals surface area contributed by atoms with Gasteiger partial charge in [-0.15, -0.1) is 0 Å². The van der Waals surface area contributed by atoms with Crippen molar-refractivity contribution in [2.24, 2.45) is 5.16 Å². The van der Waals surface area contributed by atoms with Crippen molar-refractivity contribution in [1.29, 1.82) is 0 Å². The second-order valence-corrected chi connectivity index (χ2v) is 3.32. The van der Waals surface area contributed by atoms with E-state index in [1.807, 2.05) is 6.92 Å². The number of aliphatic carboxylic acids is 1. The van der Waals surface area contributed by atoms with Gasteiger partial charge in [0.25, 0.3) is 0 Å². The maximum Gasteiger partial charge on any atom is 0.362 e. The van der Waals surface area contributed by atoms with Crippen molar-refractivity contribution in [1.82, 2.24) is 9.36 Å². The molecule has 0 aliphatic carbocycles. The van der Waals surface area contributed by atoms with Crippen molar-refractivity contribution in [3.05, 3.63) is 5.82 Å². The summed E-state index contributed by atoms with van der Waals surface area (Å²) in [5, 5.41) is 12.4. The van der Waals surface area contributed by atoms with E-state index in [4.69, 9.17) is 15.7 Å². The van der Waals surface area contributed by atoms with Crippen molar-refractivity contribution >= 4 is 28.3 Å². The Hall–Kier alpha value is -1.70. The highest BCUT2D eigenvalue weighted by Gasteiger charge is 2.18. The molecule has 0 bridgehead atoms. The summed E-state index contributed by atoms with van der Waals surface area (Å²) in [6, 6.07) is 0. The van der Waals surface area contributed by atoms with E-state index in [0.29, 0.717) is 6.61 Å². The second-order valence-electron chi connectivity index (χ2n) is 2.53. The average molecular weight is 230 g/mol. The number of nitrogens with zero attached hydrogens (tertiary/aromatic N) is 3. The quantitative estimate of drug-likeness (QED) is 0.428. The maximum absolute atomic E-state index is 10.8. The van der Waals surface area contributed by atoms with Crippen molar-refractivity contribution < 1.29 is 14.7 Å². The van der Waals surface area contributed by atoms with Crippen LogP contribution in [0, 0.1) is 0 Å². The number of nitrogens with two attached hydrogens (primary N) is 1. The molecule has 15 heavy (non-hydrogen) atoms. The fraction of sp³-hybridized carbons (Fsp3) is 0.429. The average Bonchev–Trinajstić information content (AvgIpc) is 2.59. The molecule has 0 amide bonds. The van der Waals surface area contributed by atoms with Gasteiger partial charge in [-0.1, -0.05) is 12.1 Å². The molecule has 0 saturated heterocycles. The van der Waals surface area contributed by atoms with E-state index in [1.165, 1.54) is 0 Å². The molecule has 7 nitrogen and oxygen atoms in total. The van der Waals surface area contributed by atoms with Crippen LogP contribution in [0.15, 0.2) is 5.16 Å². The van der Waals surface area contributed by atoms with Crippen LogP contribution in [-0.4, -0.2) is 32.8 Å². The largest absolute Gasteiger partial charge is 0.476 e. The fourth-order valence-electron chi connectivity index (χ4n) is 0.708. The minimum Gasteiger partial charge on any atom is -0.476 e. The van der Waals surface area contributed by atoms with E-state index in [-0.39, 0.29) is 16.7 Å². The molecule has 1 heterocycles. The number of hydrogen-bond donors (Lipinski definition) is 2. The molecule has 3 N–H and O–H groups in total. The van der Waals surface area contributed by atoms with Crippen LogP contribution in [-0.2, 0) is 9.63 Å². The minimum atomic E-state index is -1.25. The van der Waals surface area contributed by atoms with Gasteiger partial charge in [-0.3, -0.25) is 0 Å². The number of anilines is 1. The first-order valence-electron chi connectivity index (χ1n) is 4.18. The van der Waals surface area contributed by atoms with Gasteiger partial charge in [0.1, 0.15) is 6.61 Å². The Kier molecular flexibility index (Phi) is 3.98. The van der Waals surface area contributed by atoms with Crippen molar-refractivity contribution in [3.8, 4) is 0 Å². The van der Waals surface area contributed by atoms with Gasteiger partial charge < -0.3 is 15.7 Å². The Morgan fingerprint density at radius 3 is 2.93 bits per heavy atom. The van der Waals surface area contributed by atoms with Crippen molar-refractivity contribution in [2.45, 2.75) is 13.3 Å². The summed E-state index contributed by atoms with van der Waals surface area (Å²) in [4.78, 5) is 19.2. The zero-order valence-electron chi connectivity index (χ0n) is 8.01. The molecule has 0 unspecified atom stereocenters. The van der Waals surface area contributed by atoms with Crippen LogP contribution in [0.3, 0.4) is 0 Å². The van der Waals surface area contributed by atoms with Crippen LogP contribution in [0.2, 0.25) is 0 Å². The highest BCUT2D eigenvalue weighted by Crippen LogP contribution is 2.07. The monoisotopic (exact) mass is 230 g/mol. The van der Waals surface area contributed by atoms with Gasteiger partial charge in [0.15, 0.2) is 5.13 Å². The van der Waals surface area contributed by atoms with E-state index in [2.05, 4.69) is 14.5 Å². The standard InChI is InChI=1S/C7H10N4O3S/c1-2-3-14-10-4(6(12)13)5-9-7(8)15-11-5/h2-3H2,1H3,(H,12,13)(H2,8,9,11)/b10-4+. The Morgan fingerprint density at radius 2 is 2.47 bits per heavy atom. The zero-order chi connectivity index (χ0) is 11.3. The first kappa shape index (κ1) is 11.4. The lowest BCUT2D eigenvalue weighted by Crippen LogP contribution is -2.17. The summed E-state index contributed by atoms with van der Waals surface area (Å²) in [6.07, 6.45) is 0.739. The van der Waals surface area contributed by atoms with Crippen LogP contribution in [0.4, 0.5) is 5.13 Å². The summed E-state index contributed by atoms with van der Waals surface area (Å²) >= 11 is 0.906. The number of carboxylic acids is 1. The highest BCUT2D eigenvalue weighted by molar-refractivity contribution is 7.09. The summed E-state index contributed by atoms with van der Waals surface area (Å²) in [5.74, 6) is -1.27. The number of nitrogen functional groups attached to an aromatic ring is 1. The molecule has 1 aromatic heterocycles. The van der Waals surface area contributed by atoms with E-state index < -0.39 is 5.97 Å². The van der Waals surface area contributed by atoms with Crippen molar-refractivity contribution in [3.63, 3.8) is 0 Å². The van der Waals surface area contributed by atoms with E-state index >= 15 is 0 Å². The maximum atomic E-state index is 10.8. The SMILES string of the molecule is CCCO/N=C(/C(=O)O)c1nsc(N)n1. The molecule has 0 atom stereocenters. The lowest BCUT2D eigenvalue weighted by atomic mass is 10.4. The Bertz CT molecular complexity index is 376. The van der Waals surface area contributed by atoms with Gasteiger partial charge in [-0.2, -0.15) is 9.36 Å². The van der Waals surface area contributed by atoms with Gasteiger partial charge in [0.05, 0.1) is 0 Å². The highest BCUT2D eigenvalue weighted by atomic mass is 32.1. The van der Waals surface area contributed by atoms with Gasteiger partial charge in [0, 0.05) is 11.5 Å². The first-order chi connectivity index (χ1) is 7.15. The van der Waals surface area contributed by atoms with Gasteiger partial charge in [-0.25, -0.2) is 4.79 Å². The molecule has 0 spiro atoms. The topological polar surface area (TPSA) is 111 Å². The molecule has 0 aliphatic rings. The molecule has 0 radical (unpaired) electrons. The zero-order valence-corrected chi connectivity index (χ0v) is 8.82. The Morgan fingerprint density at radius 1 is 1.73 bits per heavy atom. The summed E-state index contributed by atoms with van der Waals surface area (Å²) in [7, 11) is 0. The minimum absolute atomic E-state index is 0.0268. The Balaban J connectivity index is 2.83. The third-order valence-electron chi connectivity index (χ3n) is 1.31. The predicted molar refractivity (Wildman–Crippen MR) is 54.7 cm³/mol. The Labute approximate surface area is 89.7 Å². The third-order valence-corrected chi connectivity index (χ3v) is 1.85. The number of rotatable bonds is 5. The summed E-state index contributed by atoms with van der Waals surface area (Å²) in [6.45, 7) is 2.23. The van der Waals surface area contributed by atoms with Gasteiger partial charge in [0.2, 0.25) is 11.5 Å². The predicted octanol–water partition coefficient (Wildman–Crippen LogP) is 0.336. The molecular formula is C7H10N4O3S. The van der Waals surface area contributed by atoms with Crippen LogP contribution in [0.5, 0.6) is 0 Å². The van der Waals surface area contributed by atoms with Crippen molar-refractivity contribution in [2.75, 3.05) is 12.3 Å². The normalized spacial score (nSPS) is 11.4. The summed E-state index contributed by atoms with van der Waals surface area (Å²) < 4.78 is 3.73. The van der Waals surface area contributed by atoms with Crippen LogP contribution < -0.4 is 5.73 Å². The third kappa shape index (κ3) is 3.17. The molecular weight excluding hydrogens is 220 g/mol. The molecule has 82 valence electrons. The number of carboxylic acid groups (broad SMARTS) is 1. The number of carbonyl (C=O) groups is 1. The number of hydrogen-bond acceptors (Lipinski definition) is 7. The molecule has 1 aromatic rings. The second kappa shape index (κ2) is 5.25. The van der Waals surface area contributed by atoms with E-state index in [0.717, 1.165) is 18.0 Å². The van der Waals surface area contributed by atoms with Crippen LogP contribution >= 0.6 is 11.5 Å². The fourth-order valence-corrected chi connectivity index (χ4v) is 1.14. The lowest BCUT2D eigenvalue weighted by molar-refractivity contribution is -0.129. The first-order valence-corrected chi connectivity index (χ1v) is 4.95. The molecule has 0 aliphatic heterocycles. The van der Waals surface area contributed by atoms with Crippen LogP contribution in [0.25, 0.3) is 0 Å². The van der Waals surface area contributed by atoms with E-state index in [9.17, 15) is 4.79 Å². The number of oxime groups is 1. The number of aromatic nitrogens is 2. The molecule has 0 saturated carbocycles.